The Kier molecular flexibility index (Phi) is 2.62. The predicted octanol–water partition coefficient (Wildman–Crippen LogP) is 1.54. The molecule has 1 saturated heterocycles. The topological polar surface area (TPSA) is 29.3 Å². The van der Waals surface area contributed by atoms with Crippen molar-refractivity contribution < 1.29 is 0 Å². The Balaban J connectivity index is 2.08. The molecule has 13 heavy (non-hydrogen) atoms. The van der Waals surface area contributed by atoms with Crippen LogP contribution in [0.15, 0.2) is 24.3 Å². The molecule has 0 aliphatic carbocycles. The van der Waals surface area contributed by atoms with Gasteiger partial charge in [0.1, 0.15) is 0 Å². The van der Waals surface area contributed by atoms with Crippen LogP contribution in [-0.2, 0) is 0 Å². The lowest BCUT2D eigenvalue weighted by molar-refractivity contribution is 0.251. The highest BCUT2D eigenvalue weighted by Crippen LogP contribution is 2.19. The maximum atomic E-state index is 6.11. The fraction of sp³-hybridized carbons (Fsp3) is 0.455. The van der Waals surface area contributed by atoms with Gasteiger partial charge in [0, 0.05) is 0 Å². The molecule has 2 N–H and O–H groups in total. The first-order chi connectivity index (χ1) is 6.38. The average Bonchev–Trinajstić information content (AvgIpc) is 2.71. The molecule has 0 aromatic heterocycles. The Morgan fingerprint density at radius 3 is 2.46 bits per heavy atom. The highest BCUT2D eigenvalue weighted by Gasteiger charge is 2.19. The van der Waals surface area contributed by atoms with Gasteiger partial charge in [0.05, 0.1) is 6.17 Å². The van der Waals surface area contributed by atoms with E-state index >= 15 is 0 Å². The maximum absolute atomic E-state index is 6.11. The van der Waals surface area contributed by atoms with Gasteiger partial charge in [-0.15, -0.1) is 0 Å². The second-order valence-electron chi connectivity index (χ2n) is 3.52. The van der Waals surface area contributed by atoms with Gasteiger partial charge >= 0.3 is 0 Å². The molecule has 69 valence electrons. The van der Waals surface area contributed by atoms with Gasteiger partial charge in [-0.05, 0) is 37.6 Å². The van der Waals surface area contributed by atoms with E-state index in [4.69, 9.17) is 5.73 Å². The van der Waals surface area contributed by atoms with Gasteiger partial charge in [-0.25, -0.2) is 0 Å². The summed E-state index contributed by atoms with van der Waals surface area (Å²) in [6, 6.07) is 10.9. The SMILES string of the molecule is NC(c1cc[c]cc1)N1CCCC1. The van der Waals surface area contributed by atoms with Crippen molar-refractivity contribution in [1.82, 2.24) is 4.90 Å². The normalized spacial score (nSPS) is 20.4. The number of nitrogens with two attached hydrogens (primary N) is 1. The van der Waals surface area contributed by atoms with Gasteiger partial charge in [-0.1, -0.05) is 24.3 Å². The average molecular weight is 175 g/mol. The molecule has 0 bridgehead atoms. The van der Waals surface area contributed by atoms with Crippen LogP contribution in [0.4, 0.5) is 0 Å². The van der Waals surface area contributed by atoms with Crippen molar-refractivity contribution >= 4 is 0 Å². The molecule has 0 saturated carbocycles. The molecular formula is C11H15N2. The van der Waals surface area contributed by atoms with Crippen LogP contribution in [0.3, 0.4) is 0 Å². The molecule has 1 aliphatic rings. The second kappa shape index (κ2) is 3.90. The summed E-state index contributed by atoms with van der Waals surface area (Å²) < 4.78 is 0. The van der Waals surface area contributed by atoms with E-state index in [0.717, 1.165) is 13.1 Å². The van der Waals surface area contributed by atoms with E-state index in [9.17, 15) is 0 Å². The molecule has 2 heteroatoms. The van der Waals surface area contributed by atoms with E-state index in [2.05, 4.69) is 11.0 Å². The van der Waals surface area contributed by atoms with Crippen molar-refractivity contribution in [3.63, 3.8) is 0 Å². The van der Waals surface area contributed by atoms with Crippen molar-refractivity contribution in [3.8, 4) is 0 Å². The van der Waals surface area contributed by atoms with Crippen LogP contribution in [0.5, 0.6) is 0 Å². The smallest absolute Gasteiger partial charge is 0.0835 e. The number of hydrogen-bond donors (Lipinski definition) is 1. The van der Waals surface area contributed by atoms with Crippen LogP contribution in [-0.4, -0.2) is 18.0 Å². The minimum atomic E-state index is 0.0806. The first-order valence-electron chi connectivity index (χ1n) is 4.83. The molecule has 0 amide bonds. The van der Waals surface area contributed by atoms with Gasteiger partial charge in [-0.3, -0.25) is 4.90 Å². The molecule has 1 unspecified atom stereocenters. The Labute approximate surface area is 79.4 Å². The largest absolute Gasteiger partial charge is 0.312 e. The first-order valence-corrected chi connectivity index (χ1v) is 4.83. The maximum Gasteiger partial charge on any atom is 0.0835 e. The van der Waals surface area contributed by atoms with Gasteiger partial charge in [-0.2, -0.15) is 0 Å². The van der Waals surface area contributed by atoms with E-state index in [0.29, 0.717) is 0 Å². The summed E-state index contributed by atoms with van der Waals surface area (Å²) in [5, 5.41) is 0. The standard InChI is InChI=1S/C11H15N2/c12-11(13-8-4-5-9-13)10-6-2-1-3-7-10/h2-3,6-7,11H,4-5,8-9,12H2. The Bertz CT molecular complexity index is 252. The molecule has 0 spiro atoms. The lowest BCUT2D eigenvalue weighted by atomic mass is 10.1. The summed E-state index contributed by atoms with van der Waals surface area (Å²) in [5.41, 5.74) is 7.31. The highest BCUT2D eigenvalue weighted by atomic mass is 15.2. The van der Waals surface area contributed by atoms with Gasteiger partial charge in [0.15, 0.2) is 0 Å². The minimum absolute atomic E-state index is 0.0806. The number of benzene rings is 1. The fourth-order valence-electron chi connectivity index (χ4n) is 1.83. The molecule has 2 nitrogen and oxygen atoms in total. The summed E-state index contributed by atoms with van der Waals surface area (Å²) in [6.45, 7) is 2.28. The third-order valence-corrected chi connectivity index (χ3v) is 2.62. The molecule has 1 atom stereocenters. The van der Waals surface area contributed by atoms with Crippen molar-refractivity contribution in [2.24, 2.45) is 5.73 Å². The first kappa shape index (κ1) is 8.73. The Hall–Kier alpha value is -0.860. The summed E-state index contributed by atoms with van der Waals surface area (Å²) in [7, 11) is 0. The zero-order valence-electron chi connectivity index (χ0n) is 7.74. The fourth-order valence-corrected chi connectivity index (χ4v) is 1.83. The van der Waals surface area contributed by atoms with E-state index in [1.54, 1.807) is 0 Å². The molecule has 1 aliphatic heterocycles. The number of hydrogen-bond acceptors (Lipinski definition) is 2. The molecule has 1 aromatic rings. The van der Waals surface area contributed by atoms with Gasteiger partial charge < -0.3 is 5.73 Å². The summed E-state index contributed by atoms with van der Waals surface area (Å²) >= 11 is 0. The van der Waals surface area contributed by atoms with E-state index in [1.807, 2.05) is 24.3 Å². The van der Waals surface area contributed by atoms with Crippen molar-refractivity contribution in [2.45, 2.75) is 19.0 Å². The lowest BCUT2D eigenvalue weighted by Crippen LogP contribution is -2.31. The van der Waals surface area contributed by atoms with Crippen molar-refractivity contribution in [1.29, 1.82) is 0 Å². The zero-order valence-corrected chi connectivity index (χ0v) is 7.74. The van der Waals surface area contributed by atoms with Gasteiger partial charge in [0.2, 0.25) is 0 Å². The molecule has 1 radical (unpaired) electrons. The van der Waals surface area contributed by atoms with Crippen molar-refractivity contribution in [2.75, 3.05) is 13.1 Å². The van der Waals surface area contributed by atoms with Crippen LogP contribution in [0, 0.1) is 6.07 Å². The number of likely N-dealkylation sites (tertiary alicyclic amines) is 1. The lowest BCUT2D eigenvalue weighted by Gasteiger charge is -2.23. The van der Waals surface area contributed by atoms with Crippen LogP contribution in [0.2, 0.25) is 0 Å². The number of rotatable bonds is 2. The third-order valence-electron chi connectivity index (χ3n) is 2.62. The number of nitrogens with zero attached hydrogens (tertiary/aromatic N) is 1. The monoisotopic (exact) mass is 175 g/mol. The van der Waals surface area contributed by atoms with Crippen LogP contribution in [0.25, 0.3) is 0 Å². The van der Waals surface area contributed by atoms with Gasteiger partial charge in [0.25, 0.3) is 0 Å². The zero-order chi connectivity index (χ0) is 9.10. The molecule has 1 aromatic carbocycles. The molecular weight excluding hydrogens is 160 g/mol. The van der Waals surface area contributed by atoms with E-state index < -0.39 is 0 Å². The second-order valence-corrected chi connectivity index (χ2v) is 3.52. The predicted molar refractivity (Wildman–Crippen MR) is 53.0 cm³/mol. The Morgan fingerprint density at radius 1 is 1.23 bits per heavy atom. The van der Waals surface area contributed by atoms with Crippen LogP contribution >= 0.6 is 0 Å². The van der Waals surface area contributed by atoms with Crippen LogP contribution in [0.1, 0.15) is 24.6 Å². The molecule has 1 heterocycles. The van der Waals surface area contributed by atoms with Crippen LogP contribution < -0.4 is 5.73 Å². The highest BCUT2D eigenvalue weighted by molar-refractivity contribution is 5.17. The quantitative estimate of drug-likeness (QED) is 0.738. The molecule has 2 rings (SSSR count). The van der Waals surface area contributed by atoms with E-state index in [1.165, 1.54) is 18.4 Å². The van der Waals surface area contributed by atoms with E-state index in [-0.39, 0.29) is 6.17 Å². The summed E-state index contributed by atoms with van der Waals surface area (Å²) in [5.74, 6) is 0. The molecule has 1 fully saturated rings. The Morgan fingerprint density at radius 2 is 1.85 bits per heavy atom. The summed E-state index contributed by atoms with van der Waals surface area (Å²) in [4.78, 5) is 2.33. The summed E-state index contributed by atoms with van der Waals surface area (Å²) in [6.07, 6.45) is 2.65. The third kappa shape index (κ3) is 1.90. The minimum Gasteiger partial charge on any atom is -0.312 e. The van der Waals surface area contributed by atoms with Crippen molar-refractivity contribution in [3.05, 3.63) is 35.9 Å².